The van der Waals surface area contributed by atoms with Crippen molar-refractivity contribution in [1.29, 1.82) is 0 Å². The minimum absolute atomic E-state index is 0.0175. The van der Waals surface area contributed by atoms with Crippen LogP contribution < -0.4 is 0 Å². The molecule has 0 radical (unpaired) electrons. The van der Waals surface area contributed by atoms with Gasteiger partial charge in [0.2, 0.25) is 11.8 Å². The van der Waals surface area contributed by atoms with Crippen LogP contribution in [0.4, 0.5) is 0 Å². The number of likely N-dealkylation sites (N-methyl/N-ethyl adjacent to an activating group) is 1. The van der Waals surface area contributed by atoms with Crippen molar-refractivity contribution in [2.75, 3.05) is 45.8 Å². The van der Waals surface area contributed by atoms with Crippen molar-refractivity contribution < 1.29 is 14.0 Å². The lowest BCUT2D eigenvalue weighted by Crippen LogP contribution is -2.51. The Hall–Kier alpha value is -2.08. The minimum atomic E-state index is -0.0175. The Morgan fingerprint density at radius 3 is 2.48 bits per heavy atom. The molecule has 1 aliphatic rings. The summed E-state index contributed by atoms with van der Waals surface area (Å²) in [6.45, 7) is 8.65. The lowest BCUT2D eigenvalue weighted by molar-refractivity contribution is -0.133. The summed E-state index contributed by atoms with van der Waals surface area (Å²) in [6.07, 6.45) is 4.80. The maximum Gasteiger partial charge on any atom is 0.246 e. The SMILES string of the molecule is CCN(CC)C(=O)CN1CCN(C(=O)/C=C/c2ccco2)CC1. The molecule has 2 rings (SSSR count). The lowest BCUT2D eigenvalue weighted by Gasteiger charge is -2.34. The van der Waals surface area contributed by atoms with Gasteiger partial charge in [-0.15, -0.1) is 0 Å². The summed E-state index contributed by atoms with van der Waals surface area (Å²) in [7, 11) is 0. The van der Waals surface area contributed by atoms with E-state index in [0.29, 0.717) is 25.4 Å². The molecular weight excluding hydrogens is 294 g/mol. The first-order chi connectivity index (χ1) is 11.1. The summed E-state index contributed by atoms with van der Waals surface area (Å²) >= 11 is 0. The number of carbonyl (C=O) groups excluding carboxylic acids is 2. The van der Waals surface area contributed by atoms with Crippen LogP contribution in [0.5, 0.6) is 0 Å². The van der Waals surface area contributed by atoms with E-state index in [9.17, 15) is 9.59 Å². The van der Waals surface area contributed by atoms with E-state index in [-0.39, 0.29) is 11.8 Å². The quantitative estimate of drug-likeness (QED) is 0.742. The van der Waals surface area contributed by atoms with Crippen molar-refractivity contribution in [3.05, 3.63) is 30.2 Å². The van der Waals surface area contributed by atoms with Gasteiger partial charge in [-0.25, -0.2) is 0 Å². The van der Waals surface area contributed by atoms with Gasteiger partial charge >= 0.3 is 0 Å². The summed E-state index contributed by atoms with van der Waals surface area (Å²) < 4.78 is 5.17. The van der Waals surface area contributed by atoms with Crippen molar-refractivity contribution in [1.82, 2.24) is 14.7 Å². The average Bonchev–Trinajstić information content (AvgIpc) is 3.08. The third-order valence-electron chi connectivity index (χ3n) is 4.09. The van der Waals surface area contributed by atoms with Crippen molar-refractivity contribution >= 4 is 17.9 Å². The topological polar surface area (TPSA) is 57.0 Å². The van der Waals surface area contributed by atoms with Crippen molar-refractivity contribution in [2.45, 2.75) is 13.8 Å². The van der Waals surface area contributed by atoms with Crippen LogP contribution >= 0.6 is 0 Å². The monoisotopic (exact) mass is 319 g/mol. The van der Waals surface area contributed by atoms with Crippen LogP contribution in [0.1, 0.15) is 19.6 Å². The summed E-state index contributed by atoms with van der Waals surface area (Å²) in [6, 6.07) is 3.59. The number of carbonyl (C=O) groups is 2. The Morgan fingerprint density at radius 2 is 1.91 bits per heavy atom. The molecule has 6 nitrogen and oxygen atoms in total. The molecule has 1 aliphatic heterocycles. The van der Waals surface area contributed by atoms with Crippen LogP contribution in [0.2, 0.25) is 0 Å². The van der Waals surface area contributed by atoms with Gasteiger partial charge in [-0.1, -0.05) is 0 Å². The molecule has 1 saturated heterocycles. The molecular formula is C17H25N3O3. The molecule has 1 fully saturated rings. The zero-order valence-corrected chi connectivity index (χ0v) is 13.9. The molecule has 126 valence electrons. The maximum absolute atomic E-state index is 12.1. The number of rotatable bonds is 6. The van der Waals surface area contributed by atoms with Gasteiger partial charge in [0.25, 0.3) is 0 Å². The predicted octanol–water partition coefficient (Wildman–Crippen LogP) is 1.31. The molecule has 2 amide bonds. The van der Waals surface area contributed by atoms with Crippen LogP contribution in [-0.2, 0) is 9.59 Å². The predicted molar refractivity (Wildman–Crippen MR) is 88.7 cm³/mol. The molecule has 0 unspecified atom stereocenters. The van der Waals surface area contributed by atoms with E-state index in [1.165, 1.54) is 6.08 Å². The average molecular weight is 319 g/mol. The van der Waals surface area contributed by atoms with Gasteiger partial charge in [-0.3, -0.25) is 14.5 Å². The van der Waals surface area contributed by atoms with Gasteiger partial charge in [-0.05, 0) is 32.1 Å². The van der Waals surface area contributed by atoms with Gasteiger partial charge in [0.1, 0.15) is 5.76 Å². The van der Waals surface area contributed by atoms with E-state index in [1.54, 1.807) is 29.4 Å². The Bertz CT molecular complexity index is 527. The fraction of sp³-hybridized carbons (Fsp3) is 0.529. The van der Waals surface area contributed by atoms with Gasteiger partial charge < -0.3 is 14.2 Å². The van der Waals surface area contributed by atoms with E-state index < -0.39 is 0 Å². The molecule has 0 bridgehead atoms. The Labute approximate surface area is 137 Å². The van der Waals surface area contributed by atoms with Gasteiger partial charge in [0, 0.05) is 45.3 Å². The Kier molecular flexibility index (Phi) is 6.40. The Morgan fingerprint density at radius 1 is 1.22 bits per heavy atom. The molecule has 1 aromatic heterocycles. The molecule has 0 aromatic carbocycles. The molecule has 0 aliphatic carbocycles. The third-order valence-corrected chi connectivity index (χ3v) is 4.09. The summed E-state index contributed by atoms with van der Waals surface area (Å²) in [5, 5.41) is 0. The van der Waals surface area contributed by atoms with Crippen LogP contribution in [-0.4, -0.2) is 72.3 Å². The van der Waals surface area contributed by atoms with Crippen LogP contribution in [0.15, 0.2) is 28.9 Å². The lowest BCUT2D eigenvalue weighted by atomic mass is 10.3. The summed E-state index contributed by atoms with van der Waals surface area (Å²) in [4.78, 5) is 30.0. The first-order valence-electron chi connectivity index (χ1n) is 8.14. The largest absolute Gasteiger partial charge is 0.465 e. The van der Waals surface area contributed by atoms with Gasteiger partial charge in [0.15, 0.2) is 0 Å². The van der Waals surface area contributed by atoms with Crippen molar-refractivity contribution in [3.8, 4) is 0 Å². The van der Waals surface area contributed by atoms with Crippen LogP contribution in [0.25, 0.3) is 6.08 Å². The first-order valence-corrected chi connectivity index (χ1v) is 8.14. The molecule has 0 spiro atoms. The van der Waals surface area contributed by atoms with E-state index >= 15 is 0 Å². The second kappa shape index (κ2) is 8.53. The summed E-state index contributed by atoms with van der Waals surface area (Å²) in [5.74, 6) is 0.811. The third kappa shape index (κ3) is 4.96. The number of nitrogens with zero attached hydrogens (tertiary/aromatic N) is 3. The van der Waals surface area contributed by atoms with Gasteiger partial charge in [-0.2, -0.15) is 0 Å². The highest BCUT2D eigenvalue weighted by Crippen LogP contribution is 2.06. The molecule has 0 N–H and O–H groups in total. The smallest absolute Gasteiger partial charge is 0.246 e. The van der Waals surface area contributed by atoms with Crippen molar-refractivity contribution in [2.24, 2.45) is 0 Å². The fourth-order valence-electron chi connectivity index (χ4n) is 2.64. The highest BCUT2D eigenvalue weighted by Gasteiger charge is 2.22. The zero-order chi connectivity index (χ0) is 16.7. The first kappa shape index (κ1) is 17.3. The van der Waals surface area contributed by atoms with Crippen LogP contribution in [0.3, 0.4) is 0 Å². The van der Waals surface area contributed by atoms with Crippen molar-refractivity contribution in [3.63, 3.8) is 0 Å². The number of piperazine rings is 1. The molecule has 23 heavy (non-hydrogen) atoms. The minimum Gasteiger partial charge on any atom is -0.465 e. The molecule has 0 saturated carbocycles. The molecule has 1 aromatic rings. The molecule has 6 heteroatoms. The number of furan rings is 1. The normalized spacial score (nSPS) is 16.0. The summed E-state index contributed by atoms with van der Waals surface area (Å²) in [5.41, 5.74) is 0. The fourth-order valence-corrected chi connectivity index (χ4v) is 2.64. The molecule has 0 atom stereocenters. The highest BCUT2D eigenvalue weighted by molar-refractivity contribution is 5.91. The highest BCUT2D eigenvalue weighted by atomic mass is 16.3. The van der Waals surface area contributed by atoms with E-state index in [0.717, 1.165) is 26.2 Å². The van der Waals surface area contributed by atoms with Gasteiger partial charge in [0.05, 0.1) is 12.8 Å². The Balaban J connectivity index is 1.77. The number of hydrogen-bond donors (Lipinski definition) is 0. The van der Waals surface area contributed by atoms with E-state index in [4.69, 9.17) is 4.42 Å². The number of amides is 2. The zero-order valence-electron chi connectivity index (χ0n) is 13.9. The van der Waals surface area contributed by atoms with E-state index in [1.807, 2.05) is 18.7 Å². The van der Waals surface area contributed by atoms with E-state index in [2.05, 4.69) is 4.90 Å². The second-order valence-electron chi connectivity index (χ2n) is 5.52. The van der Waals surface area contributed by atoms with Crippen LogP contribution in [0, 0.1) is 0 Å². The molecule has 2 heterocycles. The number of hydrogen-bond acceptors (Lipinski definition) is 4. The maximum atomic E-state index is 12.1. The second-order valence-corrected chi connectivity index (χ2v) is 5.52. The standard InChI is InChI=1S/C17H25N3O3/c1-3-19(4-2)17(22)14-18-9-11-20(12-10-18)16(21)8-7-15-6-5-13-23-15/h5-8,13H,3-4,9-12,14H2,1-2H3/b8-7+.